The van der Waals surface area contributed by atoms with E-state index in [2.05, 4.69) is 22.4 Å². The van der Waals surface area contributed by atoms with Crippen molar-refractivity contribution in [1.82, 2.24) is 10.2 Å². The molecule has 0 aliphatic carbocycles. The summed E-state index contributed by atoms with van der Waals surface area (Å²) in [5.74, 6) is -2.52. The van der Waals surface area contributed by atoms with Gasteiger partial charge >= 0.3 is 0 Å². The molecule has 0 saturated carbocycles. The van der Waals surface area contributed by atoms with Crippen molar-refractivity contribution in [2.45, 2.75) is 26.4 Å². The van der Waals surface area contributed by atoms with Crippen molar-refractivity contribution in [3.8, 4) is 11.5 Å². The minimum atomic E-state index is -1.29. The van der Waals surface area contributed by atoms with Crippen LogP contribution in [-0.2, 0) is 6.61 Å². The molecule has 0 spiro atoms. The standard InChI is InChI=1S/C25H22F3N3O3/c1-2-3-12-33-16-6-4-15(5-7-16)25(32)29-24-18-13-17(8-11-22(18)30-31-24)34-14-19-20(26)9-10-21(27)23(19)28/h4-11,13H,2-3,12,14H2,1H3,(H2,29,30,31,32). The summed E-state index contributed by atoms with van der Waals surface area (Å²) in [5.41, 5.74) is 0.525. The number of carbonyl (C=O) groups is 1. The van der Waals surface area contributed by atoms with E-state index in [1.54, 1.807) is 42.5 Å². The molecule has 9 heteroatoms. The molecule has 3 aromatic carbocycles. The van der Waals surface area contributed by atoms with E-state index in [0.29, 0.717) is 34.9 Å². The minimum absolute atomic E-state index is 0.261. The Labute approximate surface area is 193 Å². The molecule has 4 rings (SSSR count). The van der Waals surface area contributed by atoms with Crippen molar-refractivity contribution in [2.75, 3.05) is 11.9 Å². The zero-order valence-corrected chi connectivity index (χ0v) is 18.3. The molecular weight excluding hydrogens is 447 g/mol. The van der Waals surface area contributed by atoms with Crippen molar-refractivity contribution in [3.05, 3.63) is 83.2 Å². The Hall–Kier alpha value is -4.01. The number of unbranched alkanes of at least 4 members (excludes halogenated alkanes) is 1. The highest BCUT2D eigenvalue weighted by molar-refractivity contribution is 6.08. The van der Waals surface area contributed by atoms with E-state index < -0.39 is 29.6 Å². The maximum Gasteiger partial charge on any atom is 0.256 e. The molecule has 0 aliphatic heterocycles. The number of fused-ring (bicyclic) bond motifs is 1. The predicted octanol–water partition coefficient (Wildman–Crippen LogP) is 5.99. The Kier molecular flexibility index (Phi) is 7.01. The van der Waals surface area contributed by atoms with Crippen LogP contribution < -0.4 is 14.8 Å². The van der Waals surface area contributed by atoms with Gasteiger partial charge in [-0.15, -0.1) is 0 Å². The van der Waals surface area contributed by atoms with Gasteiger partial charge in [-0.05, 0) is 61.0 Å². The van der Waals surface area contributed by atoms with E-state index in [1.807, 2.05) is 0 Å². The van der Waals surface area contributed by atoms with Crippen LogP contribution in [0.1, 0.15) is 35.7 Å². The molecule has 0 saturated heterocycles. The number of anilines is 1. The van der Waals surface area contributed by atoms with Gasteiger partial charge in [0.15, 0.2) is 17.5 Å². The number of rotatable bonds is 9. The molecule has 0 atom stereocenters. The summed E-state index contributed by atoms with van der Waals surface area (Å²) in [5, 5.41) is 10.2. The Morgan fingerprint density at radius 2 is 1.71 bits per heavy atom. The third kappa shape index (κ3) is 5.14. The number of H-pyrrole nitrogens is 1. The first-order chi connectivity index (χ1) is 16.5. The number of nitrogens with one attached hydrogen (secondary N) is 2. The van der Waals surface area contributed by atoms with Gasteiger partial charge in [-0.2, -0.15) is 5.10 Å². The summed E-state index contributed by atoms with van der Waals surface area (Å²) >= 11 is 0. The fraction of sp³-hybridized carbons (Fsp3) is 0.200. The number of aromatic nitrogens is 2. The molecule has 176 valence electrons. The molecular formula is C25H22F3N3O3. The number of amides is 1. The topological polar surface area (TPSA) is 76.2 Å². The van der Waals surface area contributed by atoms with Crippen LogP contribution in [0.25, 0.3) is 10.9 Å². The normalized spacial score (nSPS) is 10.9. The van der Waals surface area contributed by atoms with Crippen LogP contribution in [0.5, 0.6) is 11.5 Å². The van der Waals surface area contributed by atoms with Gasteiger partial charge in [0.2, 0.25) is 0 Å². The Balaban J connectivity index is 1.46. The van der Waals surface area contributed by atoms with Crippen LogP contribution >= 0.6 is 0 Å². The molecule has 0 aliphatic rings. The van der Waals surface area contributed by atoms with Gasteiger partial charge in [-0.1, -0.05) is 13.3 Å². The van der Waals surface area contributed by atoms with Crippen molar-refractivity contribution >= 4 is 22.6 Å². The first-order valence-corrected chi connectivity index (χ1v) is 10.7. The fourth-order valence-corrected chi connectivity index (χ4v) is 3.25. The smallest absolute Gasteiger partial charge is 0.256 e. The maximum atomic E-state index is 13.9. The summed E-state index contributed by atoms with van der Waals surface area (Å²) in [6, 6.07) is 13.1. The Bertz CT molecular complexity index is 1310. The molecule has 0 fully saturated rings. The molecule has 0 unspecified atom stereocenters. The van der Waals surface area contributed by atoms with Gasteiger partial charge < -0.3 is 14.8 Å². The number of aromatic amines is 1. The summed E-state index contributed by atoms with van der Waals surface area (Å²) in [6.07, 6.45) is 1.98. The molecule has 1 amide bonds. The van der Waals surface area contributed by atoms with Gasteiger partial charge in [0.05, 0.1) is 17.7 Å². The molecule has 4 aromatic rings. The van der Waals surface area contributed by atoms with Crippen LogP contribution in [0.15, 0.2) is 54.6 Å². The van der Waals surface area contributed by atoms with E-state index in [0.717, 1.165) is 18.9 Å². The van der Waals surface area contributed by atoms with Gasteiger partial charge in [0, 0.05) is 10.9 Å². The minimum Gasteiger partial charge on any atom is -0.494 e. The van der Waals surface area contributed by atoms with E-state index in [4.69, 9.17) is 9.47 Å². The number of benzene rings is 3. The fourth-order valence-electron chi connectivity index (χ4n) is 3.25. The highest BCUT2D eigenvalue weighted by atomic mass is 19.2. The third-order valence-electron chi connectivity index (χ3n) is 5.17. The van der Waals surface area contributed by atoms with Crippen molar-refractivity contribution < 1.29 is 27.4 Å². The quantitative estimate of drug-likeness (QED) is 0.233. The molecule has 34 heavy (non-hydrogen) atoms. The molecule has 2 N–H and O–H groups in total. The largest absolute Gasteiger partial charge is 0.494 e. The summed E-state index contributed by atoms with van der Waals surface area (Å²) in [7, 11) is 0. The highest BCUT2D eigenvalue weighted by Crippen LogP contribution is 2.27. The molecule has 6 nitrogen and oxygen atoms in total. The van der Waals surface area contributed by atoms with Gasteiger partial charge in [-0.3, -0.25) is 9.89 Å². The SMILES string of the molecule is CCCCOc1ccc(C(=O)Nc2n[nH]c3ccc(OCc4c(F)ccc(F)c4F)cc23)cc1. The Morgan fingerprint density at radius 3 is 2.47 bits per heavy atom. The molecule has 1 aromatic heterocycles. The average molecular weight is 469 g/mol. The zero-order valence-electron chi connectivity index (χ0n) is 18.3. The maximum absolute atomic E-state index is 13.9. The molecule has 0 radical (unpaired) electrons. The van der Waals surface area contributed by atoms with Crippen LogP contribution in [0.4, 0.5) is 19.0 Å². The van der Waals surface area contributed by atoms with Crippen LogP contribution in [0.3, 0.4) is 0 Å². The molecule has 0 bridgehead atoms. The second kappa shape index (κ2) is 10.3. The van der Waals surface area contributed by atoms with Gasteiger partial charge in [-0.25, -0.2) is 13.2 Å². The zero-order chi connectivity index (χ0) is 24.1. The third-order valence-corrected chi connectivity index (χ3v) is 5.17. The number of ether oxygens (including phenoxy) is 2. The summed E-state index contributed by atoms with van der Waals surface area (Å²) in [6.45, 7) is 2.19. The number of carbonyl (C=O) groups excluding carboxylic acids is 1. The lowest BCUT2D eigenvalue weighted by Gasteiger charge is -2.09. The molecule has 1 heterocycles. The van der Waals surface area contributed by atoms with Crippen molar-refractivity contribution in [2.24, 2.45) is 0 Å². The lowest BCUT2D eigenvalue weighted by atomic mass is 10.2. The lowest BCUT2D eigenvalue weighted by Crippen LogP contribution is -2.12. The van der Waals surface area contributed by atoms with Crippen LogP contribution in [-0.4, -0.2) is 22.7 Å². The second-order valence-electron chi connectivity index (χ2n) is 7.57. The number of halogens is 3. The summed E-state index contributed by atoms with van der Waals surface area (Å²) in [4.78, 5) is 12.7. The van der Waals surface area contributed by atoms with Crippen molar-refractivity contribution in [1.29, 1.82) is 0 Å². The lowest BCUT2D eigenvalue weighted by molar-refractivity contribution is 0.102. The number of hydrogen-bond acceptors (Lipinski definition) is 4. The number of hydrogen-bond donors (Lipinski definition) is 2. The monoisotopic (exact) mass is 469 g/mol. The van der Waals surface area contributed by atoms with E-state index in [1.165, 1.54) is 0 Å². The van der Waals surface area contributed by atoms with Gasteiger partial charge in [0.25, 0.3) is 5.91 Å². The predicted molar refractivity (Wildman–Crippen MR) is 122 cm³/mol. The first kappa shape index (κ1) is 23.2. The first-order valence-electron chi connectivity index (χ1n) is 10.7. The Morgan fingerprint density at radius 1 is 0.971 bits per heavy atom. The number of nitrogens with zero attached hydrogens (tertiary/aromatic N) is 1. The van der Waals surface area contributed by atoms with Gasteiger partial charge in [0.1, 0.15) is 23.9 Å². The van der Waals surface area contributed by atoms with E-state index >= 15 is 0 Å². The van der Waals surface area contributed by atoms with Crippen LogP contribution in [0.2, 0.25) is 0 Å². The van der Waals surface area contributed by atoms with E-state index in [9.17, 15) is 18.0 Å². The van der Waals surface area contributed by atoms with Crippen LogP contribution in [0, 0.1) is 17.5 Å². The average Bonchev–Trinajstić information content (AvgIpc) is 3.24. The van der Waals surface area contributed by atoms with E-state index in [-0.39, 0.29) is 17.5 Å². The van der Waals surface area contributed by atoms with Crippen molar-refractivity contribution in [3.63, 3.8) is 0 Å². The second-order valence-corrected chi connectivity index (χ2v) is 7.57. The summed E-state index contributed by atoms with van der Waals surface area (Å²) < 4.78 is 52.2. The highest BCUT2D eigenvalue weighted by Gasteiger charge is 2.16.